The second-order valence-corrected chi connectivity index (χ2v) is 9.42. The summed E-state index contributed by atoms with van der Waals surface area (Å²) in [5, 5.41) is 14.7. The highest BCUT2D eigenvalue weighted by Crippen LogP contribution is 2.45. The number of benzene rings is 1. The molecule has 0 aliphatic carbocycles. The summed E-state index contributed by atoms with van der Waals surface area (Å²) < 4.78 is 11.0. The van der Waals surface area contributed by atoms with E-state index < -0.39 is 41.9 Å². The zero-order chi connectivity index (χ0) is 23.5. The average Bonchev–Trinajstić information content (AvgIpc) is 3.52. The fraction of sp³-hybridized carbons (Fsp3) is 0.480. The van der Waals surface area contributed by atoms with Crippen molar-refractivity contribution in [3.63, 3.8) is 0 Å². The summed E-state index contributed by atoms with van der Waals surface area (Å²) in [6, 6.07) is 8.07. The Balaban J connectivity index is 1.61. The van der Waals surface area contributed by atoms with Crippen LogP contribution in [0.4, 0.5) is 5.00 Å². The molecular formula is C25H29NO6S. The number of ether oxygens (including phenoxy) is 2. The maximum Gasteiger partial charge on any atom is 0.341 e. The van der Waals surface area contributed by atoms with Crippen LogP contribution in [0.5, 0.6) is 0 Å². The number of unbranched alkanes of at least 4 members (excludes halogenated alkanes) is 1. The second-order valence-electron chi connectivity index (χ2n) is 8.54. The number of thiophene rings is 1. The molecular weight excluding hydrogens is 442 g/mol. The van der Waals surface area contributed by atoms with Crippen LogP contribution in [-0.2, 0) is 25.5 Å². The van der Waals surface area contributed by atoms with E-state index >= 15 is 0 Å². The summed E-state index contributed by atoms with van der Waals surface area (Å²) in [5.74, 6) is -3.62. The van der Waals surface area contributed by atoms with Crippen molar-refractivity contribution >= 4 is 34.2 Å². The number of hydrogen-bond acceptors (Lipinski definition) is 6. The molecule has 0 saturated carbocycles. The predicted octanol–water partition coefficient (Wildman–Crippen LogP) is 4.75. The Hall–Kier alpha value is -2.71. The van der Waals surface area contributed by atoms with E-state index in [1.807, 2.05) is 17.5 Å². The smallest absolute Gasteiger partial charge is 0.341 e. The standard InChI is InChI=1S/C25H29NO6S/c1-3-5-6-14-7-9-15(10-8-14)16-13-33-23(19(16)25(30)31-4-2)26-22(27)20-17-11-12-18(32-17)21(20)24(28)29/h7-10,13,17-18,20-21H,3-6,11-12H2,1-2H3,(H,26,27)(H,28,29)/t17-,18-,20+,21-/m0/s1. The number of carboxylic acids is 1. The first-order chi connectivity index (χ1) is 15.9. The van der Waals surface area contributed by atoms with Crippen molar-refractivity contribution in [1.29, 1.82) is 0 Å². The largest absolute Gasteiger partial charge is 0.481 e. The summed E-state index contributed by atoms with van der Waals surface area (Å²) in [6.07, 6.45) is 3.72. The van der Waals surface area contributed by atoms with E-state index in [0.717, 1.165) is 24.8 Å². The minimum Gasteiger partial charge on any atom is -0.481 e. The van der Waals surface area contributed by atoms with E-state index in [-0.39, 0.29) is 6.61 Å². The maximum atomic E-state index is 13.1. The highest BCUT2D eigenvalue weighted by molar-refractivity contribution is 7.15. The third kappa shape index (κ3) is 4.68. The number of fused-ring (bicyclic) bond motifs is 2. The van der Waals surface area contributed by atoms with Crippen LogP contribution in [0, 0.1) is 11.8 Å². The van der Waals surface area contributed by atoms with Crippen molar-refractivity contribution < 1.29 is 29.0 Å². The maximum absolute atomic E-state index is 13.1. The lowest BCUT2D eigenvalue weighted by Gasteiger charge is -2.23. The molecule has 8 heteroatoms. The molecule has 2 aliphatic rings. The van der Waals surface area contributed by atoms with E-state index in [1.54, 1.807) is 6.92 Å². The van der Waals surface area contributed by atoms with Crippen molar-refractivity contribution in [3.8, 4) is 11.1 Å². The molecule has 2 fully saturated rings. The highest BCUT2D eigenvalue weighted by Gasteiger charge is 2.55. The Morgan fingerprint density at radius 3 is 2.45 bits per heavy atom. The van der Waals surface area contributed by atoms with Crippen LogP contribution in [0.2, 0.25) is 0 Å². The molecule has 33 heavy (non-hydrogen) atoms. The first-order valence-electron chi connectivity index (χ1n) is 11.5. The summed E-state index contributed by atoms with van der Waals surface area (Å²) >= 11 is 1.24. The molecule has 0 radical (unpaired) electrons. The molecule has 1 aromatic carbocycles. The molecule has 3 heterocycles. The molecule has 0 unspecified atom stereocenters. The van der Waals surface area contributed by atoms with Gasteiger partial charge in [-0.25, -0.2) is 4.79 Å². The molecule has 2 aliphatic heterocycles. The van der Waals surface area contributed by atoms with Gasteiger partial charge in [0, 0.05) is 10.9 Å². The van der Waals surface area contributed by atoms with E-state index in [4.69, 9.17) is 9.47 Å². The van der Waals surface area contributed by atoms with Crippen LogP contribution >= 0.6 is 11.3 Å². The predicted molar refractivity (Wildman–Crippen MR) is 125 cm³/mol. The Labute approximate surface area is 197 Å². The zero-order valence-corrected chi connectivity index (χ0v) is 19.7. The fourth-order valence-electron chi connectivity index (χ4n) is 4.82. The number of anilines is 1. The van der Waals surface area contributed by atoms with Crippen molar-refractivity contribution in [2.24, 2.45) is 11.8 Å². The molecule has 2 saturated heterocycles. The van der Waals surface area contributed by atoms with Crippen LogP contribution in [0.3, 0.4) is 0 Å². The van der Waals surface area contributed by atoms with Crippen LogP contribution < -0.4 is 5.32 Å². The minimum absolute atomic E-state index is 0.207. The van der Waals surface area contributed by atoms with Gasteiger partial charge in [-0.2, -0.15) is 0 Å². The zero-order valence-electron chi connectivity index (χ0n) is 18.8. The molecule has 1 aromatic heterocycles. The Morgan fingerprint density at radius 2 is 1.82 bits per heavy atom. The molecule has 4 rings (SSSR count). The normalized spacial score (nSPS) is 23.5. The molecule has 1 amide bonds. The number of aliphatic carboxylic acids is 1. The van der Waals surface area contributed by atoms with Gasteiger partial charge in [-0.1, -0.05) is 37.6 Å². The Kier molecular flexibility index (Phi) is 7.14. The quantitative estimate of drug-likeness (QED) is 0.512. The number of esters is 1. The van der Waals surface area contributed by atoms with Gasteiger partial charge in [0.1, 0.15) is 10.6 Å². The van der Waals surface area contributed by atoms with E-state index in [9.17, 15) is 19.5 Å². The van der Waals surface area contributed by atoms with Gasteiger partial charge in [0.2, 0.25) is 5.91 Å². The van der Waals surface area contributed by atoms with Gasteiger partial charge in [0.05, 0.1) is 30.7 Å². The highest BCUT2D eigenvalue weighted by atomic mass is 32.1. The Morgan fingerprint density at radius 1 is 1.12 bits per heavy atom. The van der Waals surface area contributed by atoms with Gasteiger partial charge < -0.3 is 19.9 Å². The fourth-order valence-corrected chi connectivity index (χ4v) is 5.78. The lowest BCUT2D eigenvalue weighted by Crippen LogP contribution is -2.41. The van der Waals surface area contributed by atoms with Crippen molar-refractivity contribution in [2.45, 2.75) is 58.2 Å². The third-order valence-corrected chi connectivity index (χ3v) is 7.35. The van der Waals surface area contributed by atoms with Crippen LogP contribution in [-0.4, -0.2) is 41.8 Å². The molecule has 2 N–H and O–H groups in total. The van der Waals surface area contributed by atoms with Gasteiger partial charge in [0.15, 0.2) is 0 Å². The van der Waals surface area contributed by atoms with Crippen LogP contribution in [0.25, 0.3) is 11.1 Å². The van der Waals surface area contributed by atoms with Crippen LogP contribution in [0.1, 0.15) is 55.5 Å². The topological polar surface area (TPSA) is 102 Å². The van der Waals surface area contributed by atoms with Crippen LogP contribution in [0.15, 0.2) is 29.6 Å². The number of rotatable bonds is 9. The number of amides is 1. The van der Waals surface area contributed by atoms with Gasteiger partial charge in [-0.05, 0) is 43.7 Å². The molecule has 7 nitrogen and oxygen atoms in total. The molecule has 0 spiro atoms. The molecule has 4 atom stereocenters. The van der Waals surface area contributed by atoms with Crippen molar-refractivity contribution in [2.75, 3.05) is 11.9 Å². The number of aryl methyl sites for hydroxylation is 1. The molecule has 176 valence electrons. The van der Waals surface area contributed by atoms with Gasteiger partial charge in [0.25, 0.3) is 0 Å². The third-order valence-electron chi connectivity index (χ3n) is 6.45. The lowest BCUT2D eigenvalue weighted by molar-refractivity contribution is -0.147. The monoisotopic (exact) mass is 471 g/mol. The summed E-state index contributed by atoms with van der Waals surface area (Å²) in [4.78, 5) is 37.8. The van der Waals surface area contributed by atoms with Gasteiger partial charge in [-0.3, -0.25) is 9.59 Å². The number of carboxylic acid groups (broad SMARTS) is 1. The first kappa shape index (κ1) is 23.4. The van der Waals surface area contributed by atoms with Gasteiger partial charge >= 0.3 is 11.9 Å². The summed E-state index contributed by atoms with van der Waals surface area (Å²) in [6.45, 7) is 4.09. The van der Waals surface area contributed by atoms with Crippen molar-refractivity contribution in [3.05, 3.63) is 40.8 Å². The summed E-state index contributed by atoms with van der Waals surface area (Å²) in [7, 11) is 0. The second kappa shape index (κ2) is 10.1. The SMILES string of the molecule is CCCCc1ccc(-c2csc(NC(=O)[C@H]3[C@@H](C(=O)O)[C@@H]4CC[C@@H]3O4)c2C(=O)OCC)cc1. The number of hydrogen-bond donors (Lipinski definition) is 2. The minimum atomic E-state index is -1.03. The van der Waals surface area contributed by atoms with Crippen molar-refractivity contribution in [1.82, 2.24) is 0 Å². The molecule has 2 bridgehead atoms. The Bertz CT molecular complexity index is 1030. The van der Waals surface area contributed by atoms with E-state index in [2.05, 4.69) is 24.4 Å². The molecule has 2 aromatic rings. The van der Waals surface area contributed by atoms with E-state index in [0.29, 0.717) is 29.0 Å². The number of carbonyl (C=O) groups is 3. The van der Waals surface area contributed by atoms with Gasteiger partial charge in [-0.15, -0.1) is 11.3 Å². The first-order valence-corrected chi connectivity index (χ1v) is 12.4. The summed E-state index contributed by atoms with van der Waals surface area (Å²) in [5.41, 5.74) is 3.09. The average molecular weight is 472 g/mol. The number of nitrogens with one attached hydrogen (secondary N) is 1. The lowest BCUT2D eigenvalue weighted by atomic mass is 9.79. The van der Waals surface area contributed by atoms with E-state index in [1.165, 1.54) is 16.9 Å². The number of carbonyl (C=O) groups excluding carboxylic acids is 2.